The lowest BCUT2D eigenvalue weighted by molar-refractivity contribution is 0.465. The van der Waals surface area contributed by atoms with Crippen molar-refractivity contribution < 1.29 is 9.47 Å². The molecule has 0 fully saturated rings. The maximum Gasteiger partial charge on any atom is 0.260 e. The molecule has 0 unspecified atom stereocenters. The summed E-state index contributed by atoms with van der Waals surface area (Å²) < 4.78 is 19.1. The molecule has 0 aliphatic carbocycles. The Balaban J connectivity index is 0.826. The van der Waals surface area contributed by atoms with E-state index in [2.05, 4.69) is 287 Å². The summed E-state index contributed by atoms with van der Waals surface area (Å²) in [4.78, 5) is 4.99. The van der Waals surface area contributed by atoms with Crippen LogP contribution in [0, 0.1) is 0 Å². The zero-order valence-corrected chi connectivity index (χ0v) is 46.0. The van der Waals surface area contributed by atoms with Crippen LogP contribution in [-0.4, -0.2) is 22.6 Å². The van der Waals surface area contributed by atoms with Gasteiger partial charge >= 0.3 is 0 Å². The van der Waals surface area contributed by atoms with E-state index >= 15 is 0 Å². The third-order valence-corrected chi connectivity index (χ3v) is 19.4. The fourth-order valence-corrected chi connectivity index (χ4v) is 15.8. The van der Waals surface area contributed by atoms with Crippen LogP contribution in [0.1, 0.15) is 0 Å². The number of fused-ring (bicyclic) bond motifs is 15. The molecule has 0 N–H and O–H groups in total. The van der Waals surface area contributed by atoms with Gasteiger partial charge in [0.25, 0.3) is 6.71 Å². The molecule has 6 heterocycles. The molecule has 5 nitrogen and oxygen atoms in total. The van der Waals surface area contributed by atoms with Crippen molar-refractivity contribution in [3.05, 3.63) is 273 Å². The van der Waals surface area contributed by atoms with E-state index in [1.165, 1.54) is 86.1 Å². The Labute approximate surface area is 489 Å². The number of nitrogens with zero attached hydrogens (tertiary/aromatic N) is 3. The molecule has 8 heteroatoms. The SMILES string of the molecule is c1ccc(N2c3cc(-n4c5ccccc5c5ccccc54)ccc3B3c4ccc(-n5c6ccccc6c6ccccc65)cc4Sc4cc(-c5cc6c7c(c5)Oc5ccc(-c8ccc9ccccc9c8)cc5B7c5ccccc5O6)cc2c43)cc1. The molecule has 84 heavy (non-hydrogen) atoms. The molecule has 0 saturated heterocycles. The highest BCUT2D eigenvalue weighted by molar-refractivity contribution is 8.00. The van der Waals surface area contributed by atoms with E-state index in [9.17, 15) is 0 Å². The molecule has 0 atom stereocenters. The molecule has 0 radical (unpaired) electrons. The quantitative estimate of drug-likeness (QED) is 0.161. The summed E-state index contributed by atoms with van der Waals surface area (Å²) in [7, 11) is 0. The fraction of sp³-hybridized carbons (Fsp3) is 0. The Morgan fingerprint density at radius 2 is 0.821 bits per heavy atom. The Bertz CT molecular complexity index is 5230. The lowest BCUT2D eigenvalue weighted by atomic mass is 9.34. The number of ether oxygens (including phenoxy) is 2. The first-order chi connectivity index (χ1) is 41.6. The summed E-state index contributed by atoms with van der Waals surface area (Å²) in [5.74, 6) is 3.35. The lowest BCUT2D eigenvalue weighted by Crippen LogP contribution is -2.59. The first-order valence-corrected chi connectivity index (χ1v) is 29.7. The smallest absolute Gasteiger partial charge is 0.260 e. The zero-order chi connectivity index (χ0) is 54.7. The standard InChI is InChI=1S/C76H45B2N3O2S/c1-2-18-52(19-3-1)79-67-44-53(80-63-25-11-6-20-55(63)56-21-7-12-26-64(56)80)33-35-59(67)77-61-36-34-54(81-65-27-13-8-22-57(65)58-23-9-14-28-66(58)81)45-73(61)84-74-43-50(40-68(79)75(74)77)51-41-71-76-72(42-51)83-70-37-32-49(48-31-30-46-16-4-5-17-47(46)38-48)39-62(70)78(76)60-24-10-15-29-69(60)82-71/h1-45H. The summed E-state index contributed by atoms with van der Waals surface area (Å²) in [5.41, 5.74) is 22.0. The van der Waals surface area contributed by atoms with Gasteiger partial charge in [0.05, 0.1) is 22.1 Å². The van der Waals surface area contributed by atoms with E-state index in [4.69, 9.17) is 9.47 Å². The van der Waals surface area contributed by atoms with E-state index in [0.29, 0.717) is 0 Å². The monoisotopic (exact) mass is 1090 g/mol. The van der Waals surface area contributed by atoms with Gasteiger partial charge in [0.15, 0.2) is 0 Å². The minimum Gasteiger partial charge on any atom is -0.458 e. The summed E-state index contributed by atoms with van der Waals surface area (Å²) >= 11 is 1.88. The molecule has 13 aromatic carbocycles. The Kier molecular flexibility index (Phi) is 9.66. The number of anilines is 3. The molecule has 19 rings (SSSR count). The highest BCUT2D eigenvalue weighted by atomic mass is 32.2. The van der Waals surface area contributed by atoms with Crippen LogP contribution in [0.5, 0.6) is 23.0 Å². The number of hydrogen-bond acceptors (Lipinski definition) is 4. The van der Waals surface area contributed by atoms with Gasteiger partial charge in [-0.15, -0.1) is 0 Å². The van der Waals surface area contributed by atoms with E-state index in [-0.39, 0.29) is 13.4 Å². The van der Waals surface area contributed by atoms with Crippen molar-refractivity contribution in [3.63, 3.8) is 0 Å². The number of rotatable bonds is 5. The van der Waals surface area contributed by atoms with E-state index in [0.717, 1.165) is 84.5 Å². The molecule has 4 aliphatic rings. The summed E-state index contributed by atoms with van der Waals surface area (Å²) in [5, 5.41) is 7.43. The van der Waals surface area contributed by atoms with Crippen LogP contribution in [0.2, 0.25) is 0 Å². The molecule has 0 bridgehead atoms. The third-order valence-electron chi connectivity index (χ3n) is 18.2. The molecule has 2 aromatic heterocycles. The van der Waals surface area contributed by atoms with Gasteiger partial charge in [-0.25, -0.2) is 0 Å². The maximum atomic E-state index is 7.16. The molecule has 4 aliphatic heterocycles. The molecular weight excluding hydrogens is 1040 g/mol. The van der Waals surface area contributed by atoms with Crippen molar-refractivity contribution in [2.45, 2.75) is 9.79 Å². The lowest BCUT2D eigenvalue weighted by Gasteiger charge is -2.41. The van der Waals surface area contributed by atoms with Crippen molar-refractivity contribution in [3.8, 4) is 56.6 Å². The number of para-hydroxylation sites is 6. The molecule has 0 amide bonds. The Morgan fingerprint density at radius 1 is 0.286 bits per heavy atom. The second-order valence-corrected chi connectivity index (χ2v) is 23.8. The molecular formula is C76H45B2N3O2S. The van der Waals surface area contributed by atoms with Gasteiger partial charge in [0, 0.05) is 65.2 Å². The first-order valence-electron chi connectivity index (χ1n) is 28.9. The van der Waals surface area contributed by atoms with Crippen molar-refractivity contribution in [2.24, 2.45) is 0 Å². The van der Waals surface area contributed by atoms with Gasteiger partial charge < -0.3 is 23.5 Å². The van der Waals surface area contributed by atoms with Crippen LogP contribution in [0.25, 0.3) is 88.0 Å². The van der Waals surface area contributed by atoms with Gasteiger partial charge in [0.1, 0.15) is 23.0 Å². The van der Waals surface area contributed by atoms with Crippen LogP contribution >= 0.6 is 11.8 Å². The van der Waals surface area contributed by atoms with E-state index in [1.54, 1.807) is 0 Å². The van der Waals surface area contributed by atoms with Gasteiger partial charge in [-0.3, -0.25) is 0 Å². The summed E-state index contributed by atoms with van der Waals surface area (Å²) in [6.45, 7) is -0.146. The van der Waals surface area contributed by atoms with Crippen LogP contribution in [-0.2, 0) is 0 Å². The van der Waals surface area contributed by atoms with Gasteiger partial charge in [-0.05, 0) is 158 Å². The number of aromatic nitrogens is 2. The van der Waals surface area contributed by atoms with Crippen molar-refractivity contribution >= 4 is 129 Å². The summed E-state index contributed by atoms with van der Waals surface area (Å²) in [6.07, 6.45) is 0. The fourth-order valence-electron chi connectivity index (χ4n) is 14.6. The second kappa shape index (κ2) is 17.6. The Morgan fingerprint density at radius 3 is 1.51 bits per heavy atom. The van der Waals surface area contributed by atoms with Crippen LogP contribution in [0.3, 0.4) is 0 Å². The molecule has 0 saturated carbocycles. The minimum absolute atomic E-state index is 0.0562. The highest BCUT2D eigenvalue weighted by Crippen LogP contribution is 2.48. The van der Waals surface area contributed by atoms with E-state index < -0.39 is 0 Å². The number of benzene rings is 13. The van der Waals surface area contributed by atoms with Crippen molar-refractivity contribution in [1.82, 2.24) is 9.13 Å². The number of hydrogen-bond donors (Lipinski definition) is 0. The van der Waals surface area contributed by atoms with Gasteiger partial charge in [0.2, 0.25) is 6.71 Å². The molecule has 0 spiro atoms. The zero-order valence-electron chi connectivity index (χ0n) is 45.2. The second-order valence-electron chi connectivity index (χ2n) is 22.7. The largest absolute Gasteiger partial charge is 0.458 e. The van der Waals surface area contributed by atoms with E-state index in [1.807, 2.05) is 11.8 Å². The van der Waals surface area contributed by atoms with Crippen LogP contribution in [0.15, 0.2) is 283 Å². The van der Waals surface area contributed by atoms with Gasteiger partial charge in [-0.1, -0.05) is 187 Å². The predicted octanol–water partition coefficient (Wildman–Crippen LogP) is 15.9. The van der Waals surface area contributed by atoms with Crippen molar-refractivity contribution in [2.75, 3.05) is 4.90 Å². The average Bonchev–Trinajstić information content (AvgIpc) is 1.20. The topological polar surface area (TPSA) is 31.6 Å². The predicted molar refractivity (Wildman–Crippen MR) is 351 cm³/mol. The Hall–Kier alpha value is -10.4. The minimum atomic E-state index is -0.0896. The third kappa shape index (κ3) is 6.65. The molecule has 15 aromatic rings. The normalized spacial score (nSPS) is 13.3. The van der Waals surface area contributed by atoms with Crippen molar-refractivity contribution in [1.29, 1.82) is 0 Å². The van der Waals surface area contributed by atoms with Crippen LogP contribution < -0.4 is 47.2 Å². The average molecular weight is 1090 g/mol. The highest BCUT2D eigenvalue weighted by Gasteiger charge is 2.44. The summed E-state index contributed by atoms with van der Waals surface area (Å²) in [6, 6.07) is 101. The maximum absolute atomic E-state index is 7.16. The van der Waals surface area contributed by atoms with Gasteiger partial charge in [-0.2, -0.15) is 0 Å². The molecule has 388 valence electrons. The first kappa shape index (κ1) is 46.2. The van der Waals surface area contributed by atoms with Crippen LogP contribution in [0.4, 0.5) is 17.1 Å².